The molecule has 6 heteroatoms. The predicted molar refractivity (Wildman–Crippen MR) is 99.7 cm³/mol. The number of amides is 1. The SMILES string of the molecule is COc1cccc(C[NH+](C)[C@H](C)C(=O)Nc2cccc(Cl)c2)c1OC. The van der Waals surface area contributed by atoms with Crippen LogP contribution < -0.4 is 19.7 Å². The molecule has 0 bridgehead atoms. The predicted octanol–water partition coefficient (Wildman–Crippen LogP) is 2.40. The maximum atomic E-state index is 12.5. The number of methoxy groups -OCH3 is 2. The van der Waals surface area contributed by atoms with Crippen molar-refractivity contribution in [2.75, 3.05) is 26.6 Å². The first-order valence-electron chi connectivity index (χ1n) is 8.05. The lowest BCUT2D eigenvalue weighted by atomic mass is 10.1. The van der Waals surface area contributed by atoms with Gasteiger partial charge in [0, 0.05) is 10.7 Å². The third kappa shape index (κ3) is 4.87. The first kappa shape index (κ1) is 19.1. The van der Waals surface area contributed by atoms with Gasteiger partial charge < -0.3 is 19.7 Å². The lowest BCUT2D eigenvalue weighted by molar-refractivity contribution is -0.907. The van der Waals surface area contributed by atoms with Crippen molar-refractivity contribution >= 4 is 23.2 Å². The second-order valence-electron chi connectivity index (χ2n) is 5.90. The van der Waals surface area contributed by atoms with Gasteiger partial charge in [0.05, 0.1) is 26.8 Å². The van der Waals surface area contributed by atoms with E-state index in [9.17, 15) is 4.79 Å². The van der Waals surface area contributed by atoms with Gasteiger partial charge in [0.15, 0.2) is 17.5 Å². The summed E-state index contributed by atoms with van der Waals surface area (Å²) in [5, 5.41) is 3.49. The Balaban J connectivity index is 2.07. The zero-order valence-corrected chi connectivity index (χ0v) is 15.7. The van der Waals surface area contributed by atoms with Crippen molar-refractivity contribution in [3.63, 3.8) is 0 Å². The van der Waals surface area contributed by atoms with E-state index in [1.165, 1.54) is 0 Å². The Morgan fingerprint density at radius 2 is 1.92 bits per heavy atom. The molecular formula is C19H24ClN2O3+. The van der Waals surface area contributed by atoms with Crippen LogP contribution in [0.2, 0.25) is 5.02 Å². The van der Waals surface area contributed by atoms with Crippen molar-refractivity contribution < 1.29 is 19.2 Å². The number of anilines is 1. The molecule has 2 rings (SSSR count). The molecule has 2 aromatic carbocycles. The normalized spacial score (nSPS) is 13.0. The van der Waals surface area contributed by atoms with Crippen molar-refractivity contribution in [2.24, 2.45) is 0 Å². The number of hydrogen-bond donors (Lipinski definition) is 2. The molecule has 0 spiro atoms. The van der Waals surface area contributed by atoms with Crippen LogP contribution in [0.15, 0.2) is 42.5 Å². The molecule has 25 heavy (non-hydrogen) atoms. The smallest absolute Gasteiger partial charge is 0.282 e. The summed E-state index contributed by atoms with van der Waals surface area (Å²) in [6.45, 7) is 2.52. The van der Waals surface area contributed by atoms with E-state index in [1.807, 2.05) is 38.2 Å². The molecule has 5 nitrogen and oxygen atoms in total. The number of rotatable bonds is 7. The molecule has 2 atom stereocenters. The number of carbonyl (C=O) groups excluding carboxylic acids is 1. The summed E-state index contributed by atoms with van der Waals surface area (Å²) >= 11 is 5.96. The minimum atomic E-state index is -0.255. The highest BCUT2D eigenvalue weighted by molar-refractivity contribution is 6.30. The molecule has 2 N–H and O–H groups in total. The summed E-state index contributed by atoms with van der Waals surface area (Å²) in [7, 11) is 5.20. The van der Waals surface area contributed by atoms with Crippen LogP contribution in [0.3, 0.4) is 0 Å². The average molecular weight is 364 g/mol. The molecule has 0 saturated heterocycles. The van der Waals surface area contributed by atoms with E-state index < -0.39 is 0 Å². The second kappa shape index (κ2) is 8.74. The molecule has 0 saturated carbocycles. The van der Waals surface area contributed by atoms with Crippen LogP contribution in [0, 0.1) is 0 Å². The van der Waals surface area contributed by atoms with Gasteiger partial charge in [-0.2, -0.15) is 0 Å². The molecule has 2 aromatic rings. The molecule has 1 unspecified atom stereocenters. The lowest BCUT2D eigenvalue weighted by Gasteiger charge is -2.22. The van der Waals surface area contributed by atoms with Crippen molar-refractivity contribution in [3.05, 3.63) is 53.1 Å². The van der Waals surface area contributed by atoms with Crippen molar-refractivity contribution in [2.45, 2.75) is 19.5 Å². The van der Waals surface area contributed by atoms with Crippen LogP contribution in [0.25, 0.3) is 0 Å². The summed E-state index contributed by atoms with van der Waals surface area (Å²) in [6, 6.07) is 12.6. The molecule has 0 aliphatic rings. The summed E-state index contributed by atoms with van der Waals surface area (Å²) in [5.41, 5.74) is 1.68. The van der Waals surface area contributed by atoms with Crippen LogP contribution in [0.1, 0.15) is 12.5 Å². The number of nitrogens with one attached hydrogen (secondary N) is 2. The number of benzene rings is 2. The third-order valence-electron chi connectivity index (χ3n) is 4.18. The third-order valence-corrected chi connectivity index (χ3v) is 4.41. The van der Waals surface area contributed by atoms with Crippen molar-refractivity contribution in [3.8, 4) is 11.5 Å². The van der Waals surface area contributed by atoms with E-state index in [0.717, 1.165) is 10.5 Å². The fourth-order valence-corrected chi connectivity index (χ4v) is 2.78. The monoisotopic (exact) mass is 363 g/mol. The minimum Gasteiger partial charge on any atom is -0.493 e. The van der Waals surface area contributed by atoms with E-state index in [1.54, 1.807) is 32.4 Å². The van der Waals surface area contributed by atoms with Gasteiger partial charge in [0.1, 0.15) is 6.54 Å². The molecule has 0 aliphatic carbocycles. The molecule has 1 amide bonds. The van der Waals surface area contributed by atoms with Crippen molar-refractivity contribution in [1.29, 1.82) is 0 Å². The fraction of sp³-hybridized carbons (Fsp3) is 0.316. The standard InChI is InChI=1S/C19H23ClN2O3/c1-13(19(23)21-16-9-6-8-15(20)11-16)22(2)12-14-7-5-10-17(24-3)18(14)25-4/h5-11,13H,12H2,1-4H3,(H,21,23)/p+1/t13-/m1/s1. The Morgan fingerprint density at radius 1 is 1.20 bits per heavy atom. The zero-order chi connectivity index (χ0) is 18.4. The van der Waals surface area contributed by atoms with Gasteiger partial charge in [-0.05, 0) is 37.3 Å². The summed E-state index contributed by atoms with van der Waals surface area (Å²) in [4.78, 5) is 13.5. The van der Waals surface area contributed by atoms with Gasteiger partial charge in [-0.25, -0.2) is 0 Å². The van der Waals surface area contributed by atoms with Crippen LogP contribution >= 0.6 is 11.6 Å². The Morgan fingerprint density at radius 3 is 2.56 bits per heavy atom. The quantitative estimate of drug-likeness (QED) is 0.794. The largest absolute Gasteiger partial charge is 0.493 e. The zero-order valence-electron chi connectivity index (χ0n) is 14.9. The van der Waals surface area contributed by atoms with Gasteiger partial charge >= 0.3 is 0 Å². The molecule has 0 heterocycles. The average Bonchev–Trinajstić information content (AvgIpc) is 2.60. The van der Waals surface area contributed by atoms with Crippen LogP contribution in [-0.4, -0.2) is 33.2 Å². The number of likely N-dealkylation sites (N-methyl/N-ethyl adjacent to an activating group) is 1. The number of halogens is 1. The van der Waals surface area contributed by atoms with Gasteiger partial charge in [0.2, 0.25) is 0 Å². The van der Waals surface area contributed by atoms with E-state index in [0.29, 0.717) is 28.8 Å². The Labute approximate surface area is 153 Å². The van der Waals surface area contributed by atoms with Gasteiger partial charge in [-0.3, -0.25) is 4.79 Å². The Kier molecular flexibility index (Phi) is 6.67. The first-order chi connectivity index (χ1) is 12.0. The van der Waals surface area contributed by atoms with E-state index in [-0.39, 0.29) is 11.9 Å². The van der Waals surface area contributed by atoms with Crippen LogP contribution in [0.5, 0.6) is 11.5 Å². The topological polar surface area (TPSA) is 52.0 Å². The molecule has 0 radical (unpaired) electrons. The Hall–Kier alpha value is -2.24. The van der Waals surface area contributed by atoms with E-state index in [2.05, 4.69) is 5.32 Å². The highest BCUT2D eigenvalue weighted by atomic mass is 35.5. The maximum absolute atomic E-state index is 12.5. The summed E-state index contributed by atoms with van der Waals surface area (Å²) < 4.78 is 10.8. The molecule has 0 aliphatic heterocycles. The summed E-state index contributed by atoms with van der Waals surface area (Å²) in [5.74, 6) is 1.32. The molecule has 134 valence electrons. The maximum Gasteiger partial charge on any atom is 0.282 e. The van der Waals surface area contributed by atoms with Gasteiger partial charge in [-0.1, -0.05) is 23.7 Å². The van der Waals surface area contributed by atoms with Gasteiger partial charge in [0.25, 0.3) is 5.91 Å². The first-order valence-corrected chi connectivity index (χ1v) is 8.42. The minimum absolute atomic E-state index is 0.0679. The second-order valence-corrected chi connectivity index (χ2v) is 6.33. The Bertz CT molecular complexity index is 736. The highest BCUT2D eigenvalue weighted by Gasteiger charge is 2.24. The lowest BCUT2D eigenvalue weighted by Crippen LogP contribution is -3.12. The highest BCUT2D eigenvalue weighted by Crippen LogP contribution is 2.30. The molecule has 0 fully saturated rings. The van der Waals surface area contributed by atoms with Crippen LogP contribution in [0.4, 0.5) is 5.69 Å². The van der Waals surface area contributed by atoms with Gasteiger partial charge in [-0.15, -0.1) is 0 Å². The van der Waals surface area contributed by atoms with Crippen molar-refractivity contribution in [1.82, 2.24) is 0 Å². The number of para-hydroxylation sites is 1. The molecule has 0 aromatic heterocycles. The van der Waals surface area contributed by atoms with E-state index >= 15 is 0 Å². The van der Waals surface area contributed by atoms with E-state index in [4.69, 9.17) is 21.1 Å². The van der Waals surface area contributed by atoms with Crippen LogP contribution in [-0.2, 0) is 11.3 Å². The number of carbonyl (C=O) groups is 1. The number of ether oxygens (including phenoxy) is 2. The molecular weight excluding hydrogens is 340 g/mol. The number of hydrogen-bond acceptors (Lipinski definition) is 3. The summed E-state index contributed by atoms with van der Waals surface area (Å²) in [6.07, 6.45) is 0. The fourth-order valence-electron chi connectivity index (χ4n) is 2.59. The number of quaternary nitrogens is 1.